The molecule has 0 radical (unpaired) electrons. The summed E-state index contributed by atoms with van der Waals surface area (Å²) in [6.45, 7) is 2.85. The molecule has 1 atom stereocenters. The van der Waals surface area contributed by atoms with Crippen molar-refractivity contribution in [3.8, 4) is 0 Å². The molecular formula is C16H30N2O2. The number of amides is 1. The Morgan fingerprint density at radius 1 is 1.20 bits per heavy atom. The summed E-state index contributed by atoms with van der Waals surface area (Å²) in [6, 6.07) is 0.467. The minimum absolute atomic E-state index is 0.272. The zero-order valence-corrected chi connectivity index (χ0v) is 12.9. The predicted molar refractivity (Wildman–Crippen MR) is 80.5 cm³/mol. The van der Waals surface area contributed by atoms with Crippen LogP contribution in [0.25, 0.3) is 0 Å². The summed E-state index contributed by atoms with van der Waals surface area (Å²) in [6.07, 6.45) is 9.45. The number of nitrogens with zero attached hydrogens (tertiary/aromatic N) is 2. The summed E-state index contributed by atoms with van der Waals surface area (Å²) in [5, 5.41) is 9.05. The topological polar surface area (TPSA) is 43.8 Å². The highest BCUT2D eigenvalue weighted by Gasteiger charge is 2.26. The largest absolute Gasteiger partial charge is 0.396 e. The number of hydrogen-bond donors (Lipinski definition) is 1. The highest BCUT2D eigenvalue weighted by Crippen LogP contribution is 2.23. The van der Waals surface area contributed by atoms with Crippen LogP contribution < -0.4 is 0 Å². The molecule has 2 aliphatic rings. The van der Waals surface area contributed by atoms with Crippen molar-refractivity contribution >= 4 is 5.91 Å². The van der Waals surface area contributed by atoms with Gasteiger partial charge in [-0.3, -0.25) is 9.69 Å². The Bertz CT molecular complexity index is 301. The summed E-state index contributed by atoms with van der Waals surface area (Å²) < 4.78 is 0. The number of aliphatic hydroxyl groups is 1. The summed E-state index contributed by atoms with van der Waals surface area (Å²) in [4.78, 5) is 16.7. The van der Waals surface area contributed by atoms with Gasteiger partial charge in [-0.25, -0.2) is 0 Å². The highest BCUT2D eigenvalue weighted by molar-refractivity contribution is 5.78. The number of carbonyl (C=O) groups excluding carboxylic acids is 1. The van der Waals surface area contributed by atoms with Gasteiger partial charge in [-0.05, 0) is 44.6 Å². The Morgan fingerprint density at radius 2 is 1.95 bits per heavy atom. The van der Waals surface area contributed by atoms with Gasteiger partial charge >= 0.3 is 0 Å². The van der Waals surface area contributed by atoms with Crippen LogP contribution in [0.4, 0.5) is 0 Å². The first-order valence-electron chi connectivity index (χ1n) is 8.29. The molecule has 1 amide bonds. The zero-order valence-electron chi connectivity index (χ0n) is 12.9. The molecule has 1 heterocycles. The fourth-order valence-electron chi connectivity index (χ4n) is 3.69. The van der Waals surface area contributed by atoms with E-state index in [1.54, 1.807) is 0 Å². The van der Waals surface area contributed by atoms with Gasteiger partial charge in [-0.15, -0.1) is 0 Å². The zero-order chi connectivity index (χ0) is 14.4. The highest BCUT2D eigenvalue weighted by atomic mass is 16.3. The van der Waals surface area contributed by atoms with Crippen molar-refractivity contribution in [1.82, 2.24) is 9.80 Å². The van der Waals surface area contributed by atoms with Crippen molar-refractivity contribution in [3.63, 3.8) is 0 Å². The molecule has 0 aromatic carbocycles. The van der Waals surface area contributed by atoms with Crippen LogP contribution in [-0.2, 0) is 4.79 Å². The quantitative estimate of drug-likeness (QED) is 0.837. The average Bonchev–Trinajstić information content (AvgIpc) is 2.48. The van der Waals surface area contributed by atoms with E-state index >= 15 is 0 Å². The summed E-state index contributed by atoms with van der Waals surface area (Å²) in [7, 11) is 1.98. The van der Waals surface area contributed by atoms with Gasteiger partial charge in [0.1, 0.15) is 0 Å². The van der Waals surface area contributed by atoms with Gasteiger partial charge in [0, 0.05) is 26.2 Å². The number of piperidine rings is 1. The molecule has 2 rings (SSSR count). The van der Waals surface area contributed by atoms with Crippen LogP contribution in [0.5, 0.6) is 0 Å². The molecule has 1 saturated heterocycles. The molecule has 0 aromatic heterocycles. The molecule has 116 valence electrons. The van der Waals surface area contributed by atoms with E-state index in [0.717, 1.165) is 25.9 Å². The van der Waals surface area contributed by atoms with E-state index < -0.39 is 0 Å². The van der Waals surface area contributed by atoms with Gasteiger partial charge in [0.05, 0.1) is 6.54 Å². The van der Waals surface area contributed by atoms with Crippen LogP contribution in [-0.4, -0.2) is 60.1 Å². The third-order valence-corrected chi connectivity index (χ3v) is 5.02. The van der Waals surface area contributed by atoms with E-state index in [1.165, 1.54) is 38.5 Å². The lowest BCUT2D eigenvalue weighted by molar-refractivity contribution is -0.134. The van der Waals surface area contributed by atoms with Gasteiger partial charge in [-0.2, -0.15) is 0 Å². The summed E-state index contributed by atoms with van der Waals surface area (Å²) in [5.74, 6) is 0.850. The number of hydrogen-bond acceptors (Lipinski definition) is 3. The van der Waals surface area contributed by atoms with Gasteiger partial charge < -0.3 is 10.0 Å². The summed E-state index contributed by atoms with van der Waals surface area (Å²) >= 11 is 0. The van der Waals surface area contributed by atoms with Gasteiger partial charge in [-0.1, -0.05) is 19.3 Å². The molecular weight excluding hydrogens is 252 g/mol. The maximum Gasteiger partial charge on any atom is 0.236 e. The first-order valence-corrected chi connectivity index (χ1v) is 8.29. The van der Waals surface area contributed by atoms with Gasteiger partial charge in [0.25, 0.3) is 0 Å². The Balaban J connectivity index is 1.77. The lowest BCUT2D eigenvalue weighted by Gasteiger charge is -2.36. The van der Waals surface area contributed by atoms with E-state index in [-0.39, 0.29) is 12.5 Å². The van der Waals surface area contributed by atoms with Crippen LogP contribution in [0.3, 0.4) is 0 Å². The van der Waals surface area contributed by atoms with Crippen LogP contribution in [0, 0.1) is 5.92 Å². The molecule has 0 bridgehead atoms. The van der Waals surface area contributed by atoms with E-state index in [0.29, 0.717) is 18.5 Å². The number of aliphatic hydroxyl groups excluding tert-OH is 1. The maximum absolute atomic E-state index is 12.4. The number of likely N-dealkylation sites (N-methyl/N-ethyl adjacent to an activating group) is 1. The minimum atomic E-state index is 0.272. The van der Waals surface area contributed by atoms with Crippen LogP contribution >= 0.6 is 0 Å². The molecule has 20 heavy (non-hydrogen) atoms. The Kier molecular flexibility index (Phi) is 6.30. The molecule has 1 saturated carbocycles. The van der Waals surface area contributed by atoms with Crippen molar-refractivity contribution in [3.05, 3.63) is 0 Å². The average molecular weight is 282 g/mol. The third-order valence-electron chi connectivity index (χ3n) is 5.02. The standard InChI is InChI=1S/C16H30N2O2/c1-17(15-7-3-2-4-8-15)16(20)13-18-10-5-6-14(12-18)9-11-19/h14-15,19H,2-13H2,1H3. The first kappa shape index (κ1) is 15.8. The minimum Gasteiger partial charge on any atom is -0.396 e. The second-order valence-corrected chi connectivity index (χ2v) is 6.55. The lowest BCUT2D eigenvalue weighted by atomic mass is 9.94. The second-order valence-electron chi connectivity index (χ2n) is 6.55. The maximum atomic E-state index is 12.4. The molecule has 1 N–H and O–H groups in total. The Morgan fingerprint density at radius 3 is 2.65 bits per heavy atom. The molecule has 0 spiro atoms. The number of rotatable bonds is 5. The monoisotopic (exact) mass is 282 g/mol. The van der Waals surface area contributed by atoms with Crippen molar-refractivity contribution < 1.29 is 9.90 Å². The van der Waals surface area contributed by atoms with Crippen molar-refractivity contribution in [1.29, 1.82) is 0 Å². The normalized spacial score (nSPS) is 25.6. The molecule has 0 aromatic rings. The van der Waals surface area contributed by atoms with Crippen LogP contribution in [0.1, 0.15) is 51.4 Å². The SMILES string of the molecule is CN(C(=O)CN1CCCC(CCO)C1)C1CCCCC1. The van der Waals surface area contributed by atoms with Crippen molar-refractivity contribution in [2.24, 2.45) is 5.92 Å². The van der Waals surface area contributed by atoms with E-state index in [9.17, 15) is 4.79 Å². The van der Waals surface area contributed by atoms with Crippen molar-refractivity contribution in [2.75, 3.05) is 33.3 Å². The van der Waals surface area contributed by atoms with E-state index in [2.05, 4.69) is 4.90 Å². The van der Waals surface area contributed by atoms with Crippen LogP contribution in [0.2, 0.25) is 0 Å². The molecule has 4 nitrogen and oxygen atoms in total. The first-order chi connectivity index (χ1) is 9.70. The fraction of sp³-hybridized carbons (Fsp3) is 0.938. The van der Waals surface area contributed by atoms with E-state index in [1.807, 2.05) is 11.9 Å². The molecule has 4 heteroatoms. The molecule has 1 aliphatic heterocycles. The number of carbonyl (C=O) groups is 1. The van der Waals surface area contributed by atoms with Gasteiger partial charge in [0.2, 0.25) is 5.91 Å². The Labute approximate surface area is 123 Å². The number of likely N-dealkylation sites (tertiary alicyclic amines) is 1. The predicted octanol–water partition coefficient (Wildman–Crippen LogP) is 1.87. The summed E-state index contributed by atoms with van der Waals surface area (Å²) in [5.41, 5.74) is 0. The van der Waals surface area contributed by atoms with Crippen LogP contribution in [0.15, 0.2) is 0 Å². The second kappa shape index (κ2) is 7.99. The smallest absolute Gasteiger partial charge is 0.236 e. The lowest BCUT2D eigenvalue weighted by Crippen LogP contribution is -2.46. The van der Waals surface area contributed by atoms with Gasteiger partial charge in [0.15, 0.2) is 0 Å². The molecule has 1 aliphatic carbocycles. The Hall–Kier alpha value is -0.610. The van der Waals surface area contributed by atoms with E-state index in [4.69, 9.17) is 5.11 Å². The van der Waals surface area contributed by atoms with Crippen molar-refractivity contribution in [2.45, 2.75) is 57.4 Å². The molecule has 2 fully saturated rings. The third kappa shape index (κ3) is 4.45. The molecule has 1 unspecified atom stereocenters. The fourth-order valence-corrected chi connectivity index (χ4v) is 3.69.